The summed E-state index contributed by atoms with van der Waals surface area (Å²) < 4.78 is 10.4. The lowest BCUT2D eigenvalue weighted by molar-refractivity contribution is 0.102. The van der Waals surface area contributed by atoms with Gasteiger partial charge in [-0.25, -0.2) is 9.97 Å². The summed E-state index contributed by atoms with van der Waals surface area (Å²) in [5.74, 6) is 1.39. The number of amides is 1. The zero-order valence-electron chi connectivity index (χ0n) is 13.6. The molecule has 0 aliphatic carbocycles. The largest absolute Gasteiger partial charge is 0.497 e. The average molecular weight is 316 g/mol. The van der Waals surface area contributed by atoms with E-state index in [0.717, 1.165) is 0 Å². The Balaban J connectivity index is 2.22. The number of nitrogens with zero attached hydrogens (tertiary/aromatic N) is 2. The van der Waals surface area contributed by atoms with E-state index in [1.807, 2.05) is 13.8 Å². The van der Waals surface area contributed by atoms with Crippen molar-refractivity contribution in [1.29, 1.82) is 0 Å². The Hall–Kier alpha value is -2.83. The molecule has 0 saturated carbocycles. The van der Waals surface area contributed by atoms with Crippen LogP contribution in [0.5, 0.6) is 11.5 Å². The first-order valence-corrected chi connectivity index (χ1v) is 7.15. The Labute approximate surface area is 135 Å². The summed E-state index contributed by atoms with van der Waals surface area (Å²) in [6.07, 6.45) is 1.35. The molecule has 0 radical (unpaired) electrons. The summed E-state index contributed by atoms with van der Waals surface area (Å²) in [7, 11) is 3.09. The maximum Gasteiger partial charge on any atom is 0.274 e. The van der Waals surface area contributed by atoms with Crippen molar-refractivity contribution in [2.24, 2.45) is 0 Å². The van der Waals surface area contributed by atoms with Crippen LogP contribution < -0.4 is 20.1 Å². The number of hydrogen-bond acceptors (Lipinski definition) is 6. The van der Waals surface area contributed by atoms with Gasteiger partial charge in [0.15, 0.2) is 0 Å². The molecule has 2 rings (SSSR count). The van der Waals surface area contributed by atoms with Crippen molar-refractivity contribution in [3.05, 3.63) is 36.3 Å². The number of benzene rings is 1. The minimum absolute atomic E-state index is 0.208. The van der Waals surface area contributed by atoms with Crippen LogP contribution in [0.2, 0.25) is 0 Å². The molecule has 1 aromatic heterocycles. The molecule has 0 aliphatic rings. The van der Waals surface area contributed by atoms with Crippen molar-refractivity contribution < 1.29 is 14.3 Å². The van der Waals surface area contributed by atoms with Crippen molar-refractivity contribution in [1.82, 2.24) is 9.97 Å². The van der Waals surface area contributed by atoms with Crippen LogP contribution in [0, 0.1) is 0 Å². The predicted octanol–water partition coefficient (Wildman–Crippen LogP) is 2.57. The Morgan fingerprint density at radius 3 is 2.57 bits per heavy atom. The number of rotatable bonds is 6. The van der Waals surface area contributed by atoms with Crippen LogP contribution in [0.4, 0.5) is 11.5 Å². The second kappa shape index (κ2) is 7.44. The maximum absolute atomic E-state index is 12.4. The van der Waals surface area contributed by atoms with E-state index >= 15 is 0 Å². The second-order valence-corrected chi connectivity index (χ2v) is 5.11. The normalized spacial score (nSPS) is 10.3. The summed E-state index contributed by atoms with van der Waals surface area (Å²) in [6, 6.07) is 6.97. The van der Waals surface area contributed by atoms with E-state index in [-0.39, 0.29) is 17.6 Å². The van der Waals surface area contributed by atoms with Gasteiger partial charge in [0.25, 0.3) is 5.91 Å². The summed E-state index contributed by atoms with van der Waals surface area (Å²) in [5, 5.41) is 5.90. The van der Waals surface area contributed by atoms with Gasteiger partial charge in [-0.2, -0.15) is 0 Å². The molecule has 0 spiro atoms. The fourth-order valence-electron chi connectivity index (χ4n) is 1.95. The predicted molar refractivity (Wildman–Crippen MR) is 88.3 cm³/mol. The molecule has 1 amide bonds. The van der Waals surface area contributed by atoms with E-state index in [9.17, 15) is 4.79 Å². The maximum atomic E-state index is 12.4. The highest BCUT2D eigenvalue weighted by molar-refractivity contribution is 6.04. The summed E-state index contributed by atoms with van der Waals surface area (Å²) in [5.41, 5.74) is 0.766. The van der Waals surface area contributed by atoms with Gasteiger partial charge in [0.2, 0.25) is 0 Å². The Morgan fingerprint density at radius 1 is 1.13 bits per heavy atom. The van der Waals surface area contributed by atoms with Crippen LogP contribution in [-0.2, 0) is 0 Å². The topological polar surface area (TPSA) is 85.4 Å². The summed E-state index contributed by atoms with van der Waals surface area (Å²) in [4.78, 5) is 20.5. The number of aromatic nitrogens is 2. The monoisotopic (exact) mass is 316 g/mol. The Kier molecular flexibility index (Phi) is 5.35. The molecule has 2 aromatic rings. The third kappa shape index (κ3) is 4.32. The molecule has 1 heterocycles. The molecule has 7 nitrogen and oxygen atoms in total. The fourth-order valence-corrected chi connectivity index (χ4v) is 1.95. The number of anilines is 2. The molecule has 2 N–H and O–H groups in total. The number of methoxy groups -OCH3 is 2. The van der Waals surface area contributed by atoms with Gasteiger partial charge >= 0.3 is 0 Å². The van der Waals surface area contributed by atoms with Crippen LogP contribution in [0.25, 0.3) is 0 Å². The molecule has 122 valence electrons. The van der Waals surface area contributed by atoms with Crippen LogP contribution in [0.3, 0.4) is 0 Å². The van der Waals surface area contributed by atoms with Crippen LogP contribution >= 0.6 is 0 Å². The number of ether oxygens (including phenoxy) is 2. The zero-order chi connectivity index (χ0) is 16.8. The highest BCUT2D eigenvalue weighted by atomic mass is 16.5. The van der Waals surface area contributed by atoms with E-state index in [4.69, 9.17) is 9.47 Å². The molecule has 0 bridgehead atoms. The lowest BCUT2D eigenvalue weighted by Crippen LogP contribution is -2.16. The van der Waals surface area contributed by atoms with Gasteiger partial charge in [0.05, 0.1) is 19.9 Å². The minimum atomic E-state index is -0.356. The van der Waals surface area contributed by atoms with E-state index in [1.165, 1.54) is 13.4 Å². The smallest absolute Gasteiger partial charge is 0.274 e. The lowest BCUT2D eigenvalue weighted by Gasteiger charge is -2.12. The first-order valence-electron chi connectivity index (χ1n) is 7.15. The first kappa shape index (κ1) is 16.5. The van der Waals surface area contributed by atoms with E-state index in [1.54, 1.807) is 31.4 Å². The van der Waals surface area contributed by atoms with Gasteiger partial charge in [0, 0.05) is 18.2 Å². The van der Waals surface area contributed by atoms with Crippen molar-refractivity contribution >= 4 is 17.4 Å². The first-order chi connectivity index (χ1) is 11.0. The molecule has 7 heteroatoms. The zero-order valence-corrected chi connectivity index (χ0v) is 13.6. The van der Waals surface area contributed by atoms with E-state index in [2.05, 4.69) is 20.6 Å². The lowest BCUT2D eigenvalue weighted by atomic mass is 10.2. The van der Waals surface area contributed by atoms with Gasteiger partial charge in [-0.1, -0.05) is 0 Å². The summed E-state index contributed by atoms with van der Waals surface area (Å²) in [6.45, 7) is 3.98. The van der Waals surface area contributed by atoms with Crippen molar-refractivity contribution in [2.45, 2.75) is 19.9 Å². The second-order valence-electron chi connectivity index (χ2n) is 5.11. The Bertz CT molecular complexity index is 689. The highest BCUT2D eigenvalue weighted by Crippen LogP contribution is 2.29. The van der Waals surface area contributed by atoms with Gasteiger partial charge in [-0.3, -0.25) is 4.79 Å². The molecule has 0 saturated heterocycles. The Morgan fingerprint density at radius 2 is 1.91 bits per heavy atom. The van der Waals surface area contributed by atoms with E-state index < -0.39 is 0 Å². The number of nitrogens with one attached hydrogen (secondary N) is 2. The fraction of sp³-hybridized carbons (Fsp3) is 0.312. The number of carbonyl (C=O) groups is 1. The number of carbonyl (C=O) groups excluding carboxylic acids is 1. The van der Waals surface area contributed by atoms with Crippen LogP contribution in [0.1, 0.15) is 24.3 Å². The third-order valence-corrected chi connectivity index (χ3v) is 2.99. The highest BCUT2D eigenvalue weighted by Gasteiger charge is 2.13. The average Bonchev–Trinajstić information content (AvgIpc) is 2.54. The summed E-state index contributed by atoms with van der Waals surface area (Å²) >= 11 is 0. The standard InChI is InChI=1S/C16H20N4O3/c1-10(2)19-15-8-13(17-9-18-15)16(21)20-12-7-11(22-3)5-6-14(12)23-4/h5-10H,1-4H3,(H,20,21)(H,17,18,19). The molecule has 1 aromatic carbocycles. The molecule has 23 heavy (non-hydrogen) atoms. The molecule has 0 fully saturated rings. The molecule has 0 atom stereocenters. The minimum Gasteiger partial charge on any atom is -0.497 e. The van der Waals surface area contributed by atoms with E-state index in [0.29, 0.717) is 23.0 Å². The van der Waals surface area contributed by atoms with Crippen LogP contribution in [-0.4, -0.2) is 36.1 Å². The van der Waals surface area contributed by atoms with Crippen molar-refractivity contribution in [2.75, 3.05) is 24.9 Å². The van der Waals surface area contributed by atoms with Gasteiger partial charge in [-0.05, 0) is 26.0 Å². The van der Waals surface area contributed by atoms with Crippen molar-refractivity contribution in [3.8, 4) is 11.5 Å². The molecular weight excluding hydrogens is 296 g/mol. The van der Waals surface area contributed by atoms with Gasteiger partial charge in [0.1, 0.15) is 29.3 Å². The van der Waals surface area contributed by atoms with Crippen LogP contribution in [0.15, 0.2) is 30.6 Å². The quantitative estimate of drug-likeness (QED) is 0.852. The van der Waals surface area contributed by atoms with Crippen molar-refractivity contribution in [3.63, 3.8) is 0 Å². The SMILES string of the molecule is COc1ccc(OC)c(NC(=O)c2cc(NC(C)C)ncn2)c1. The van der Waals surface area contributed by atoms with Gasteiger partial charge < -0.3 is 20.1 Å². The third-order valence-electron chi connectivity index (χ3n) is 2.99. The van der Waals surface area contributed by atoms with Gasteiger partial charge in [-0.15, -0.1) is 0 Å². The molecule has 0 aliphatic heterocycles. The molecular formula is C16H20N4O3. The molecule has 0 unspecified atom stereocenters. The number of hydrogen-bond donors (Lipinski definition) is 2.